The lowest BCUT2D eigenvalue weighted by atomic mass is 9.82. The van der Waals surface area contributed by atoms with Crippen LogP contribution in [0.5, 0.6) is 5.75 Å². The molecule has 2 aliphatic rings. The predicted molar refractivity (Wildman–Crippen MR) is 61.0 cm³/mol. The van der Waals surface area contributed by atoms with Gasteiger partial charge in [-0.1, -0.05) is 12.5 Å². The average Bonchev–Trinajstić information content (AvgIpc) is 2.78. The molecule has 3 atom stereocenters. The molecule has 2 aliphatic carbocycles. The van der Waals surface area contributed by atoms with Crippen LogP contribution in [0.25, 0.3) is 0 Å². The van der Waals surface area contributed by atoms with Gasteiger partial charge in [-0.15, -0.1) is 0 Å². The van der Waals surface area contributed by atoms with Crippen molar-refractivity contribution in [3.05, 3.63) is 29.3 Å². The lowest BCUT2D eigenvalue weighted by Crippen LogP contribution is -2.09. The number of phenols is 1. The lowest BCUT2D eigenvalue weighted by molar-refractivity contribution is 0.417. The summed E-state index contributed by atoms with van der Waals surface area (Å²) in [5.41, 5.74) is 2.76. The number of aryl methyl sites for hydroxylation is 1. The molecule has 0 heterocycles. The molecule has 2 saturated carbocycles. The smallest absolute Gasteiger partial charge is 0.115 e. The molecule has 1 N–H and O–H groups in total. The molecule has 1 aromatic rings. The topological polar surface area (TPSA) is 20.2 Å². The van der Waals surface area contributed by atoms with Gasteiger partial charge in [-0.2, -0.15) is 0 Å². The Morgan fingerprint density at radius 1 is 1.20 bits per heavy atom. The van der Waals surface area contributed by atoms with Crippen LogP contribution in [0, 0.1) is 18.8 Å². The number of benzene rings is 1. The molecule has 2 fully saturated rings. The van der Waals surface area contributed by atoms with Crippen LogP contribution in [0.4, 0.5) is 0 Å². The number of fused-ring (bicyclic) bond motifs is 2. The zero-order chi connectivity index (χ0) is 10.4. The van der Waals surface area contributed by atoms with Gasteiger partial charge in [-0.3, -0.25) is 0 Å². The van der Waals surface area contributed by atoms with E-state index in [1.165, 1.54) is 36.8 Å². The maximum atomic E-state index is 9.41. The van der Waals surface area contributed by atoms with Gasteiger partial charge in [0.2, 0.25) is 0 Å². The van der Waals surface area contributed by atoms with Crippen molar-refractivity contribution in [2.45, 2.75) is 38.5 Å². The van der Waals surface area contributed by atoms with Crippen molar-refractivity contribution in [1.29, 1.82) is 0 Å². The minimum absolute atomic E-state index is 0.402. The lowest BCUT2D eigenvalue weighted by Gasteiger charge is -2.23. The first-order valence-corrected chi connectivity index (χ1v) is 6.03. The van der Waals surface area contributed by atoms with Crippen LogP contribution in [-0.4, -0.2) is 5.11 Å². The Balaban J connectivity index is 1.93. The summed E-state index contributed by atoms with van der Waals surface area (Å²) in [6, 6.07) is 5.88. The fraction of sp³-hybridized carbons (Fsp3) is 0.571. The second kappa shape index (κ2) is 3.26. The van der Waals surface area contributed by atoms with Crippen molar-refractivity contribution < 1.29 is 5.11 Å². The van der Waals surface area contributed by atoms with Crippen LogP contribution < -0.4 is 0 Å². The quantitative estimate of drug-likeness (QED) is 0.737. The molecular formula is C14H18O. The van der Waals surface area contributed by atoms with Crippen LogP contribution in [0.3, 0.4) is 0 Å². The van der Waals surface area contributed by atoms with Gasteiger partial charge in [-0.25, -0.2) is 0 Å². The normalized spacial score (nSPS) is 33.5. The van der Waals surface area contributed by atoms with Gasteiger partial charge in [0.05, 0.1) is 0 Å². The molecule has 1 nitrogen and oxygen atoms in total. The molecule has 0 aromatic heterocycles. The zero-order valence-corrected chi connectivity index (χ0v) is 9.24. The Kier molecular flexibility index (Phi) is 2.01. The van der Waals surface area contributed by atoms with Crippen molar-refractivity contribution in [3.8, 4) is 5.75 Å². The van der Waals surface area contributed by atoms with Crippen LogP contribution >= 0.6 is 0 Å². The third-order valence-electron chi connectivity index (χ3n) is 4.39. The van der Waals surface area contributed by atoms with Gasteiger partial charge in [0.1, 0.15) is 5.75 Å². The third-order valence-corrected chi connectivity index (χ3v) is 4.39. The number of hydrogen-bond donors (Lipinski definition) is 1. The fourth-order valence-corrected chi connectivity index (χ4v) is 3.70. The minimum atomic E-state index is 0.402. The summed E-state index contributed by atoms with van der Waals surface area (Å²) in [6.45, 7) is 2.13. The highest BCUT2D eigenvalue weighted by Gasteiger charge is 2.40. The molecule has 2 bridgehead atoms. The van der Waals surface area contributed by atoms with E-state index in [-0.39, 0.29) is 0 Å². The Morgan fingerprint density at radius 2 is 2.07 bits per heavy atom. The molecule has 0 spiro atoms. The maximum Gasteiger partial charge on any atom is 0.115 e. The Hall–Kier alpha value is -0.980. The standard InChI is InChI=1S/C14H18O/c1-9-6-12(15)4-5-13(9)14-8-10-2-3-11(14)7-10/h4-6,10-11,14-15H,2-3,7-8H2,1H3/t10-,11+,14+/m0/s1. The Morgan fingerprint density at radius 3 is 2.67 bits per heavy atom. The highest BCUT2D eigenvalue weighted by atomic mass is 16.3. The third kappa shape index (κ3) is 1.45. The molecule has 3 rings (SSSR count). The summed E-state index contributed by atoms with van der Waals surface area (Å²) in [4.78, 5) is 0. The van der Waals surface area contributed by atoms with Gasteiger partial charge in [-0.05, 0) is 67.2 Å². The van der Waals surface area contributed by atoms with E-state index in [1.807, 2.05) is 12.1 Å². The molecule has 1 heteroatoms. The van der Waals surface area contributed by atoms with E-state index in [2.05, 4.69) is 13.0 Å². The first-order valence-electron chi connectivity index (χ1n) is 6.03. The minimum Gasteiger partial charge on any atom is -0.508 e. The van der Waals surface area contributed by atoms with E-state index in [9.17, 15) is 5.11 Å². The largest absolute Gasteiger partial charge is 0.508 e. The molecule has 0 unspecified atom stereocenters. The molecule has 0 radical (unpaired) electrons. The van der Waals surface area contributed by atoms with Crippen LogP contribution in [0.15, 0.2) is 18.2 Å². The molecule has 0 aliphatic heterocycles. The first-order chi connectivity index (χ1) is 7.24. The number of rotatable bonds is 1. The number of phenolic OH excluding ortho intramolecular Hbond substituents is 1. The van der Waals surface area contributed by atoms with E-state index in [0.717, 1.165) is 17.8 Å². The van der Waals surface area contributed by atoms with E-state index < -0.39 is 0 Å². The van der Waals surface area contributed by atoms with Crippen LogP contribution in [0.2, 0.25) is 0 Å². The summed E-state index contributed by atoms with van der Waals surface area (Å²) in [5, 5.41) is 9.41. The highest BCUT2D eigenvalue weighted by Crippen LogP contribution is 2.53. The second-order valence-electron chi connectivity index (χ2n) is 5.32. The first kappa shape index (κ1) is 9.26. The average molecular weight is 202 g/mol. The van der Waals surface area contributed by atoms with Crippen molar-refractivity contribution in [2.24, 2.45) is 11.8 Å². The van der Waals surface area contributed by atoms with E-state index in [1.54, 1.807) is 0 Å². The van der Waals surface area contributed by atoms with E-state index in [0.29, 0.717) is 5.75 Å². The van der Waals surface area contributed by atoms with Crippen molar-refractivity contribution in [2.75, 3.05) is 0 Å². The fourth-order valence-electron chi connectivity index (χ4n) is 3.70. The Bertz CT molecular complexity index is 383. The monoisotopic (exact) mass is 202 g/mol. The maximum absolute atomic E-state index is 9.41. The Labute approximate surface area is 91.1 Å². The van der Waals surface area contributed by atoms with E-state index >= 15 is 0 Å². The number of aromatic hydroxyl groups is 1. The van der Waals surface area contributed by atoms with Gasteiger partial charge >= 0.3 is 0 Å². The van der Waals surface area contributed by atoms with Crippen LogP contribution in [0.1, 0.15) is 42.7 Å². The predicted octanol–water partition coefficient (Wildman–Crippen LogP) is 3.60. The van der Waals surface area contributed by atoms with Crippen LogP contribution in [-0.2, 0) is 0 Å². The van der Waals surface area contributed by atoms with E-state index in [4.69, 9.17) is 0 Å². The second-order valence-corrected chi connectivity index (χ2v) is 5.32. The highest BCUT2D eigenvalue weighted by molar-refractivity contribution is 5.37. The summed E-state index contributed by atoms with van der Waals surface area (Å²) >= 11 is 0. The molecular weight excluding hydrogens is 184 g/mol. The van der Waals surface area contributed by atoms with Gasteiger partial charge in [0.15, 0.2) is 0 Å². The SMILES string of the molecule is Cc1cc(O)ccc1[C@@H]1C[C@H]2CC[C@@H]1C2. The van der Waals surface area contributed by atoms with Gasteiger partial charge in [0, 0.05) is 0 Å². The summed E-state index contributed by atoms with van der Waals surface area (Å²) < 4.78 is 0. The van der Waals surface area contributed by atoms with Crippen molar-refractivity contribution in [1.82, 2.24) is 0 Å². The molecule has 1 aromatic carbocycles. The molecule has 80 valence electrons. The summed E-state index contributed by atoms with van der Waals surface area (Å²) in [7, 11) is 0. The summed E-state index contributed by atoms with van der Waals surface area (Å²) in [6.07, 6.45) is 5.72. The molecule has 0 saturated heterocycles. The molecule has 0 amide bonds. The zero-order valence-electron chi connectivity index (χ0n) is 9.24. The van der Waals surface area contributed by atoms with Gasteiger partial charge < -0.3 is 5.11 Å². The van der Waals surface area contributed by atoms with Crippen molar-refractivity contribution in [3.63, 3.8) is 0 Å². The number of hydrogen-bond acceptors (Lipinski definition) is 1. The van der Waals surface area contributed by atoms with Crippen molar-refractivity contribution >= 4 is 0 Å². The van der Waals surface area contributed by atoms with Gasteiger partial charge in [0.25, 0.3) is 0 Å². The molecule has 15 heavy (non-hydrogen) atoms. The summed E-state index contributed by atoms with van der Waals surface area (Å²) in [5.74, 6) is 3.11.